The van der Waals surface area contributed by atoms with E-state index in [4.69, 9.17) is 9.47 Å². The van der Waals surface area contributed by atoms with E-state index in [2.05, 4.69) is 15.6 Å². The summed E-state index contributed by atoms with van der Waals surface area (Å²) in [6.45, 7) is 3.97. The van der Waals surface area contributed by atoms with E-state index in [1.165, 1.54) is 4.90 Å². The zero-order valence-corrected chi connectivity index (χ0v) is 19.7. The number of aromatic nitrogens is 1. The maximum Gasteiger partial charge on any atom is 0.310 e. The zero-order valence-electron chi connectivity index (χ0n) is 19.7. The Labute approximate surface area is 202 Å². The monoisotopic (exact) mass is 480 g/mol. The SMILES string of the molecule is CCOC1OC(=O)CC1NC(=O)CN1CC(C)=CCC(NC(=O)c2nccc3ccccc23)C1=O. The molecule has 184 valence electrons. The van der Waals surface area contributed by atoms with Crippen LogP contribution in [0.2, 0.25) is 0 Å². The minimum absolute atomic E-state index is 0.00000192. The highest BCUT2D eigenvalue weighted by molar-refractivity contribution is 6.06. The summed E-state index contributed by atoms with van der Waals surface area (Å²) in [5.41, 5.74) is 1.13. The normalized spacial score (nSPS) is 22.4. The molecule has 10 nitrogen and oxygen atoms in total. The summed E-state index contributed by atoms with van der Waals surface area (Å²) in [6, 6.07) is 7.73. The van der Waals surface area contributed by atoms with Crippen LogP contribution in [0.4, 0.5) is 0 Å². The first-order valence-electron chi connectivity index (χ1n) is 11.5. The van der Waals surface area contributed by atoms with Crippen LogP contribution in [0.3, 0.4) is 0 Å². The molecule has 3 atom stereocenters. The number of amides is 3. The van der Waals surface area contributed by atoms with Gasteiger partial charge in [0, 0.05) is 24.7 Å². The molecular formula is C25H28N4O6. The Bertz CT molecular complexity index is 1170. The quantitative estimate of drug-likeness (QED) is 0.452. The van der Waals surface area contributed by atoms with Crippen LogP contribution < -0.4 is 10.6 Å². The van der Waals surface area contributed by atoms with Crippen molar-refractivity contribution in [1.29, 1.82) is 0 Å². The summed E-state index contributed by atoms with van der Waals surface area (Å²) in [7, 11) is 0. The molecule has 0 spiro atoms. The van der Waals surface area contributed by atoms with E-state index < -0.39 is 36.2 Å². The number of rotatable bonds is 7. The number of nitrogens with one attached hydrogen (secondary N) is 2. The Morgan fingerprint density at radius 3 is 2.80 bits per heavy atom. The predicted molar refractivity (Wildman–Crippen MR) is 126 cm³/mol. The van der Waals surface area contributed by atoms with Gasteiger partial charge in [0.2, 0.25) is 18.1 Å². The van der Waals surface area contributed by atoms with E-state index >= 15 is 0 Å². The average molecular weight is 481 g/mol. The van der Waals surface area contributed by atoms with Gasteiger partial charge in [0.25, 0.3) is 5.91 Å². The molecule has 2 aliphatic heterocycles. The average Bonchev–Trinajstić information content (AvgIpc) is 3.12. The number of nitrogens with zero attached hydrogens (tertiary/aromatic N) is 2. The molecular weight excluding hydrogens is 452 g/mol. The lowest BCUT2D eigenvalue weighted by Gasteiger charge is -2.26. The van der Waals surface area contributed by atoms with Gasteiger partial charge in [-0.1, -0.05) is 35.9 Å². The van der Waals surface area contributed by atoms with Gasteiger partial charge < -0.3 is 25.0 Å². The molecule has 2 N–H and O–H groups in total. The van der Waals surface area contributed by atoms with Gasteiger partial charge in [-0.15, -0.1) is 0 Å². The minimum atomic E-state index is -0.849. The molecule has 3 amide bonds. The third-order valence-electron chi connectivity index (χ3n) is 5.92. The molecule has 0 saturated carbocycles. The molecule has 1 fully saturated rings. The molecule has 1 aromatic carbocycles. The Hall–Kier alpha value is -3.79. The topological polar surface area (TPSA) is 127 Å². The van der Waals surface area contributed by atoms with Gasteiger partial charge in [-0.3, -0.25) is 24.2 Å². The Balaban J connectivity index is 1.44. The van der Waals surface area contributed by atoms with Crippen molar-refractivity contribution in [1.82, 2.24) is 20.5 Å². The van der Waals surface area contributed by atoms with Crippen molar-refractivity contribution >= 4 is 34.5 Å². The predicted octanol–water partition coefficient (Wildman–Crippen LogP) is 1.31. The molecule has 0 bridgehead atoms. The van der Waals surface area contributed by atoms with Crippen molar-refractivity contribution in [3.05, 3.63) is 53.9 Å². The minimum Gasteiger partial charge on any atom is -0.433 e. The van der Waals surface area contributed by atoms with E-state index in [1.54, 1.807) is 19.2 Å². The van der Waals surface area contributed by atoms with E-state index in [1.807, 2.05) is 37.3 Å². The number of carbonyl (C=O) groups is 4. The fourth-order valence-electron chi connectivity index (χ4n) is 4.26. The third kappa shape index (κ3) is 5.65. The van der Waals surface area contributed by atoms with Crippen molar-refractivity contribution in [3.8, 4) is 0 Å². The number of ether oxygens (including phenoxy) is 2. The number of fused-ring (bicyclic) bond motifs is 1. The molecule has 1 saturated heterocycles. The van der Waals surface area contributed by atoms with E-state index in [9.17, 15) is 19.2 Å². The van der Waals surface area contributed by atoms with Crippen LogP contribution in [-0.4, -0.2) is 71.6 Å². The number of carbonyl (C=O) groups excluding carboxylic acids is 4. The summed E-state index contributed by atoms with van der Waals surface area (Å²) >= 11 is 0. The summed E-state index contributed by atoms with van der Waals surface area (Å²) in [4.78, 5) is 56.3. The molecule has 2 aromatic rings. The van der Waals surface area contributed by atoms with Crippen LogP contribution in [0.25, 0.3) is 10.8 Å². The first kappa shape index (κ1) is 24.3. The fraction of sp³-hybridized carbons (Fsp3) is 0.400. The van der Waals surface area contributed by atoms with E-state index in [-0.39, 0.29) is 31.1 Å². The van der Waals surface area contributed by atoms with Crippen molar-refractivity contribution in [3.63, 3.8) is 0 Å². The van der Waals surface area contributed by atoms with E-state index in [0.717, 1.165) is 11.0 Å². The van der Waals surface area contributed by atoms with Crippen molar-refractivity contribution in [2.75, 3.05) is 19.7 Å². The summed E-state index contributed by atoms with van der Waals surface area (Å²) in [6.07, 6.45) is 2.89. The number of pyridine rings is 1. The van der Waals surface area contributed by atoms with Crippen molar-refractivity contribution in [2.24, 2.45) is 0 Å². The van der Waals surface area contributed by atoms with Gasteiger partial charge in [-0.2, -0.15) is 0 Å². The maximum absolute atomic E-state index is 13.3. The van der Waals surface area contributed by atoms with Crippen LogP contribution in [0.1, 0.15) is 37.2 Å². The standard InChI is InChI=1S/C25H28N4O6/c1-3-34-25-19(12-21(31)35-25)27-20(30)14-29-13-15(2)8-9-18(24(29)33)28-23(32)22-17-7-5-4-6-16(17)10-11-26-22/h4-8,10-11,18-19,25H,3,9,12-14H2,1-2H3,(H,27,30)(H,28,32). The number of hydrogen-bond donors (Lipinski definition) is 2. The highest BCUT2D eigenvalue weighted by Gasteiger charge is 2.37. The largest absolute Gasteiger partial charge is 0.433 e. The van der Waals surface area contributed by atoms with Gasteiger partial charge in [-0.25, -0.2) is 0 Å². The van der Waals surface area contributed by atoms with Crippen LogP contribution in [0, 0.1) is 0 Å². The van der Waals surface area contributed by atoms with Crippen LogP contribution in [-0.2, 0) is 23.9 Å². The summed E-state index contributed by atoms with van der Waals surface area (Å²) < 4.78 is 10.4. The Morgan fingerprint density at radius 1 is 1.20 bits per heavy atom. The Morgan fingerprint density at radius 2 is 2.00 bits per heavy atom. The molecule has 35 heavy (non-hydrogen) atoms. The molecule has 3 heterocycles. The number of cyclic esters (lactones) is 1. The second-order valence-corrected chi connectivity index (χ2v) is 8.58. The van der Waals surface area contributed by atoms with Gasteiger partial charge >= 0.3 is 5.97 Å². The molecule has 3 unspecified atom stereocenters. The second-order valence-electron chi connectivity index (χ2n) is 8.58. The van der Waals surface area contributed by atoms with Crippen LogP contribution >= 0.6 is 0 Å². The van der Waals surface area contributed by atoms with Gasteiger partial charge in [0.1, 0.15) is 17.8 Å². The molecule has 1 aromatic heterocycles. The Kier molecular flexibility index (Phi) is 7.40. The number of hydrogen-bond acceptors (Lipinski definition) is 7. The van der Waals surface area contributed by atoms with E-state index in [0.29, 0.717) is 18.4 Å². The number of esters is 1. The lowest BCUT2D eigenvalue weighted by atomic mass is 10.1. The zero-order chi connectivity index (χ0) is 24.9. The molecule has 10 heteroatoms. The molecule has 2 aliphatic rings. The highest BCUT2D eigenvalue weighted by atomic mass is 16.7. The molecule has 0 aliphatic carbocycles. The van der Waals surface area contributed by atoms with Crippen molar-refractivity contribution < 1.29 is 28.7 Å². The van der Waals surface area contributed by atoms with Gasteiger partial charge in [-0.05, 0) is 31.7 Å². The smallest absolute Gasteiger partial charge is 0.310 e. The van der Waals surface area contributed by atoms with Crippen molar-refractivity contribution in [2.45, 2.75) is 45.1 Å². The lowest BCUT2D eigenvalue weighted by Crippen LogP contribution is -2.52. The maximum atomic E-state index is 13.3. The first-order chi connectivity index (χ1) is 16.9. The van der Waals surface area contributed by atoms with Crippen LogP contribution in [0.5, 0.6) is 0 Å². The molecule has 0 radical (unpaired) electrons. The lowest BCUT2D eigenvalue weighted by molar-refractivity contribution is -0.164. The fourth-order valence-corrected chi connectivity index (χ4v) is 4.26. The first-order valence-corrected chi connectivity index (χ1v) is 11.5. The number of benzene rings is 1. The van der Waals surface area contributed by atoms with Gasteiger partial charge in [0.15, 0.2) is 0 Å². The van der Waals surface area contributed by atoms with Crippen LogP contribution in [0.15, 0.2) is 48.2 Å². The summed E-state index contributed by atoms with van der Waals surface area (Å²) in [5.74, 6) is -1.73. The summed E-state index contributed by atoms with van der Waals surface area (Å²) in [5, 5.41) is 7.08. The highest BCUT2D eigenvalue weighted by Crippen LogP contribution is 2.19. The third-order valence-corrected chi connectivity index (χ3v) is 5.92. The van der Waals surface area contributed by atoms with Gasteiger partial charge in [0.05, 0.1) is 13.0 Å². The molecule has 4 rings (SSSR count). The second kappa shape index (κ2) is 10.6.